The van der Waals surface area contributed by atoms with E-state index in [1.54, 1.807) is 0 Å². The summed E-state index contributed by atoms with van der Waals surface area (Å²) in [6.45, 7) is 0. The third kappa shape index (κ3) is 6.20. The Balaban J connectivity index is 2.52. The van der Waals surface area contributed by atoms with Crippen molar-refractivity contribution in [2.45, 2.75) is 44.9 Å². The Labute approximate surface area is 101 Å². The third-order valence-electron chi connectivity index (χ3n) is 3.54. The first-order valence-corrected chi connectivity index (χ1v) is 7.94. The Morgan fingerprint density at radius 2 is 1.82 bits per heavy atom. The molecule has 0 saturated heterocycles. The van der Waals surface area contributed by atoms with Crippen LogP contribution in [0.2, 0.25) is 0 Å². The molecule has 100 valence electrons. The summed E-state index contributed by atoms with van der Waals surface area (Å²) < 4.78 is 10.9. The quantitative estimate of drug-likeness (QED) is 0.639. The molecule has 1 unspecified atom stereocenters. The summed E-state index contributed by atoms with van der Waals surface area (Å²) in [7, 11) is -4.01. The predicted octanol–water partition coefficient (Wildman–Crippen LogP) is 2.23. The van der Waals surface area contributed by atoms with Crippen LogP contribution in [0.15, 0.2) is 0 Å². The number of carboxylic acid groups (broad SMARTS) is 1. The Morgan fingerprint density at radius 1 is 1.24 bits per heavy atom. The number of carboxylic acids is 1. The molecular formula is C11H21O5P. The molecule has 1 saturated carbocycles. The van der Waals surface area contributed by atoms with Gasteiger partial charge in [0, 0.05) is 6.42 Å². The Bertz CT molecular complexity index is 292. The first kappa shape index (κ1) is 14.7. The summed E-state index contributed by atoms with van der Waals surface area (Å²) in [6, 6.07) is 0. The van der Waals surface area contributed by atoms with Gasteiger partial charge < -0.3 is 14.9 Å². The second-order valence-corrected chi connectivity index (χ2v) is 6.71. The van der Waals surface area contributed by atoms with Gasteiger partial charge in [-0.3, -0.25) is 9.36 Å². The van der Waals surface area contributed by atoms with Gasteiger partial charge in [0.25, 0.3) is 0 Å². The maximum atomic E-state index is 10.9. The van der Waals surface area contributed by atoms with Gasteiger partial charge in [-0.25, -0.2) is 0 Å². The summed E-state index contributed by atoms with van der Waals surface area (Å²) in [5.74, 6) is -0.627. The smallest absolute Gasteiger partial charge is 0.325 e. The fourth-order valence-electron chi connectivity index (χ4n) is 2.67. The van der Waals surface area contributed by atoms with E-state index in [9.17, 15) is 9.36 Å². The lowest BCUT2D eigenvalue weighted by molar-refractivity contribution is -0.138. The highest BCUT2D eigenvalue weighted by molar-refractivity contribution is 7.51. The molecular weight excluding hydrogens is 243 g/mol. The van der Waals surface area contributed by atoms with E-state index in [0.717, 1.165) is 25.7 Å². The molecule has 0 bridgehead atoms. The van der Waals surface area contributed by atoms with Gasteiger partial charge in [-0.1, -0.05) is 32.1 Å². The summed E-state index contributed by atoms with van der Waals surface area (Å²) in [5, 5.41) is 8.85. The van der Waals surface area contributed by atoms with Crippen LogP contribution in [0.25, 0.3) is 0 Å². The van der Waals surface area contributed by atoms with Crippen molar-refractivity contribution >= 4 is 13.6 Å². The monoisotopic (exact) mass is 264 g/mol. The minimum atomic E-state index is -4.01. The number of aliphatic carboxylic acids is 1. The fraction of sp³-hybridized carbons (Fsp3) is 0.909. The highest BCUT2D eigenvalue weighted by Gasteiger charge is 2.27. The van der Waals surface area contributed by atoms with Gasteiger partial charge in [0.15, 0.2) is 0 Å². The molecule has 0 heterocycles. The molecule has 3 N–H and O–H groups in total. The van der Waals surface area contributed by atoms with Crippen LogP contribution >= 0.6 is 7.60 Å². The van der Waals surface area contributed by atoms with Gasteiger partial charge in [0.05, 0.1) is 6.16 Å². The number of rotatable bonds is 6. The first-order chi connectivity index (χ1) is 7.88. The molecule has 5 nitrogen and oxygen atoms in total. The van der Waals surface area contributed by atoms with Crippen LogP contribution in [-0.4, -0.2) is 27.0 Å². The zero-order valence-corrected chi connectivity index (χ0v) is 10.8. The molecule has 0 aliphatic heterocycles. The minimum absolute atomic E-state index is 0.0324. The topological polar surface area (TPSA) is 94.8 Å². The van der Waals surface area contributed by atoms with E-state index in [1.807, 2.05) is 0 Å². The van der Waals surface area contributed by atoms with Gasteiger partial charge in [-0.05, 0) is 18.3 Å². The molecule has 1 fully saturated rings. The van der Waals surface area contributed by atoms with Gasteiger partial charge in [0.1, 0.15) is 0 Å². The number of hydrogen-bond donors (Lipinski definition) is 3. The Hall–Kier alpha value is -0.380. The molecule has 0 aromatic heterocycles. The Morgan fingerprint density at radius 3 is 2.29 bits per heavy atom. The maximum absolute atomic E-state index is 10.9. The molecule has 1 atom stereocenters. The molecule has 0 aromatic carbocycles. The summed E-state index contributed by atoms with van der Waals surface area (Å²) >= 11 is 0. The predicted molar refractivity (Wildman–Crippen MR) is 63.8 cm³/mol. The van der Waals surface area contributed by atoms with E-state index in [4.69, 9.17) is 14.9 Å². The zero-order valence-electron chi connectivity index (χ0n) is 9.92. The molecule has 0 radical (unpaired) electrons. The van der Waals surface area contributed by atoms with E-state index in [1.165, 1.54) is 6.42 Å². The molecule has 1 aliphatic carbocycles. The van der Waals surface area contributed by atoms with Crippen LogP contribution in [0.3, 0.4) is 0 Å². The average Bonchev–Trinajstić information content (AvgIpc) is 2.24. The highest BCUT2D eigenvalue weighted by Crippen LogP contribution is 2.40. The van der Waals surface area contributed by atoms with Crippen LogP contribution in [0, 0.1) is 11.8 Å². The number of carbonyl (C=O) groups is 1. The van der Waals surface area contributed by atoms with Crippen LogP contribution < -0.4 is 0 Å². The molecule has 1 rings (SSSR count). The molecule has 1 aliphatic rings. The Kier molecular flexibility index (Phi) is 5.63. The van der Waals surface area contributed by atoms with Crippen molar-refractivity contribution in [1.29, 1.82) is 0 Å². The lowest BCUT2D eigenvalue weighted by Gasteiger charge is -2.29. The minimum Gasteiger partial charge on any atom is -0.481 e. The van der Waals surface area contributed by atoms with E-state index in [0.29, 0.717) is 12.3 Å². The van der Waals surface area contributed by atoms with E-state index in [2.05, 4.69) is 0 Å². The van der Waals surface area contributed by atoms with E-state index >= 15 is 0 Å². The summed E-state index contributed by atoms with van der Waals surface area (Å²) in [4.78, 5) is 28.5. The van der Waals surface area contributed by atoms with Gasteiger partial charge in [0.2, 0.25) is 0 Å². The lowest BCUT2D eigenvalue weighted by atomic mass is 9.77. The standard InChI is InChI=1S/C11H21O5P/c12-11(13)8-10(6-7-17(14,15)16)9-4-2-1-3-5-9/h9-10H,1-8H2,(H,12,13)(H2,14,15,16). The SMILES string of the molecule is O=C(O)CC(CCP(=O)(O)O)C1CCCCC1. The highest BCUT2D eigenvalue weighted by atomic mass is 31.2. The van der Waals surface area contributed by atoms with Crippen molar-refractivity contribution in [3.05, 3.63) is 0 Å². The van der Waals surface area contributed by atoms with Crippen molar-refractivity contribution in [2.24, 2.45) is 11.8 Å². The summed E-state index contributed by atoms with van der Waals surface area (Å²) in [6.07, 6.45) is 5.56. The fourth-order valence-corrected chi connectivity index (χ4v) is 3.34. The van der Waals surface area contributed by atoms with Crippen molar-refractivity contribution in [2.75, 3.05) is 6.16 Å². The summed E-state index contributed by atoms with van der Waals surface area (Å²) in [5.41, 5.74) is 0. The van der Waals surface area contributed by atoms with Crippen molar-refractivity contribution < 1.29 is 24.3 Å². The molecule has 6 heteroatoms. The zero-order chi connectivity index (χ0) is 12.9. The molecule has 17 heavy (non-hydrogen) atoms. The largest absolute Gasteiger partial charge is 0.481 e. The first-order valence-electron chi connectivity index (χ1n) is 6.15. The average molecular weight is 264 g/mol. The van der Waals surface area contributed by atoms with E-state index < -0.39 is 13.6 Å². The van der Waals surface area contributed by atoms with Crippen LogP contribution in [0.4, 0.5) is 0 Å². The molecule has 0 aromatic rings. The molecule has 0 amide bonds. The van der Waals surface area contributed by atoms with Crippen molar-refractivity contribution in [1.82, 2.24) is 0 Å². The normalized spacial score (nSPS) is 20.1. The molecule has 0 spiro atoms. The lowest BCUT2D eigenvalue weighted by Crippen LogP contribution is -2.22. The van der Waals surface area contributed by atoms with Gasteiger partial charge in [-0.15, -0.1) is 0 Å². The van der Waals surface area contributed by atoms with Crippen LogP contribution in [-0.2, 0) is 9.36 Å². The third-order valence-corrected chi connectivity index (χ3v) is 4.39. The van der Waals surface area contributed by atoms with Crippen molar-refractivity contribution in [3.8, 4) is 0 Å². The number of hydrogen-bond acceptors (Lipinski definition) is 2. The second-order valence-electron chi connectivity index (χ2n) is 4.93. The second kappa shape index (κ2) is 6.53. The van der Waals surface area contributed by atoms with Crippen LogP contribution in [0.5, 0.6) is 0 Å². The van der Waals surface area contributed by atoms with Gasteiger partial charge >= 0.3 is 13.6 Å². The van der Waals surface area contributed by atoms with Gasteiger partial charge in [-0.2, -0.15) is 0 Å². The van der Waals surface area contributed by atoms with Crippen molar-refractivity contribution in [3.63, 3.8) is 0 Å². The maximum Gasteiger partial charge on any atom is 0.325 e. The van der Waals surface area contributed by atoms with E-state index in [-0.39, 0.29) is 18.5 Å². The van der Waals surface area contributed by atoms with Crippen LogP contribution in [0.1, 0.15) is 44.9 Å².